The van der Waals surface area contributed by atoms with Crippen molar-refractivity contribution in [3.05, 3.63) is 39.3 Å². The van der Waals surface area contributed by atoms with Gasteiger partial charge in [-0.1, -0.05) is 0 Å². The Labute approximate surface area is 123 Å². The molecule has 19 heavy (non-hydrogen) atoms. The fourth-order valence-corrected chi connectivity index (χ4v) is 4.15. The third kappa shape index (κ3) is 3.33. The van der Waals surface area contributed by atoms with E-state index in [9.17, 15) is 8.42 Å². The van der Waals surface area contributed by atoms with Crippen LogP contribution in [0.15, 0.2) is 33.1 Å². The lowest BCUT2D eigenvalue weighted by Gasteiger charge is -2.08. The Kier molecular flexibility index (Phi) is 4.24. The van der Waals surface area contributed by atoms with Crippen LogP contribution in [0.5, 0.6) is 0 Å². The zero-order valence-electron chi connectivity index (χ0n) is 9.92. The normalized spacial score (nSPS) is 11.5. The highest BCUT2D eigenvalue weighted by Crippen LogP contribution is 2.25. The van der Waals surface area contributed by atoms with Crippen LogP contribution in [0.25, 0.3) is 0 Å². The van der Waals surface area contributed by atoms with Crippen LogP contribution in [0.3, 0.4) is 0 Å². The number of thiophene rings is 1. The summed E-state index contributed by atoms with van der Waals surface area (Å²) in [5, 5.41) is 8.96. The summed E-state index contributed by atoms with van der Waals surface area (Å²) in [4.78, 5) is 4.63. The molecule has 0 saturated carbocycles. The topological polar surface area (TPSA) is 79.3 Å². The van der Waals surface area contributed by atoms with Gasteiger partial charge in [0, 0.05) is 15.5 Å². The Morgan fingerprint density at radius 3 is 2.79 bits per heavy atom. The van der Waals surface area contributed by atoms with Crippen molar-refractivity contribution >= 4 is 43.1 Å². The SMILES string of the molecule is Cc1cc(Br)cnc1NS(=O)(=O)c1ccc(CO)s1. The molecular formula is C11H11BrN2O3S2. The maximum absolute atomic E-state index is 12.1. The van der Waals surface area contributed by atoms with Gasteiger partial charge in [0.15, 0.2) is 0 Å². The number of pyridine rings is 1. The second-order valence-electron chi connectivity index (χ2n) is 3.80. The van der Waals surface area contributed by atoms with Gasteiger partial charge >= 0.3 is 0 Å². The van der Waals surface area contributed by atoms with Gasteiger partial charge in [-0.3, -0.25) is 4.72 Å². The minimum absolute atomic E-state index is 0.153. The molecule has 0 spiro atoms. The van der Waals surface area contributed by atoms with E-state index in [0.29, 0.717) is 10.7 Å². The number of sulfonamides is 1. The molecule has 0 atom stereocenters. The van der Waals surface area contributed by atoms with E-state index in [2.05, 4.69) is 25.6 Å². The number of nitrogens with one attached hydrogen (secondary N) is 1. The Hall–Kier alpha value is -0.960. The summed E-state index contributed by atoms with van der Waals surface area (Å²) in [6.07, 6.45) is 1.53. The van der Waals surface area contributed by atoms with Crippen molar-refractivity contribution in [3.8, 4) is 0 Å². The van der Waals surface area contributed by atoms with Gasteiger partial charge in [-0.15, -0.1) is 11.3 Å². The van der Waals surface area contributed by atoms with E-state index in [1.165, 1.54) is 12.3 Å². The van der Waals surface area contributed by atoms with E-state index < -0.39 is 10.0 Å². The Bertz CT molecular complexity index is 698. The molecule has 2 aromatic heterocycles. The van der Waals surface area contributed by atoms with Gasteiger partial charge in [0.1, 0.15) is 10.0 Å². The van der Waals surface area contributed by atoms with Crippen molar-refractivity contribution in [1.82, 2.24) is 4.98 Å². The zero-order chi connectivity index (χ0) is 14.0. The van der Waals surface area contributed by atoms with Gasteiger partial charge in [0.2, 0.25) is 0 Å². The number of aliphatic hydroxyl groups excluding tert-OH is 1. The molecule has 2 N–H and O–H groups in total. The van der Waals surface area contributed by atoms with Crippen LogP contribution < -0.4 is 4.72 Å². The second kappa shape index (κ2) is 5.58. The van der Waals surface area contributed by atoms with Crippen LogP contribution in [-0.2, 0) is 16.6 Å². The van der Waals surface area contributed by atoms with E-state index in [1.807, 2.05) is 0 Å². The lowest BCUT2D eigenvalue weighted by atomic mass is 10.3. The lowest BCUT2D eigenvalue weighted by molar-refractivity contribution is 0.285. The number of halogens is 1. The summed E-state index contributed by atoms with van der Waals surface area (Å²) in [5.74, 6) is 0.294. The number of anilines is 1. The van der Waals surface area contributed by atoms with Gasteiger partial charge in [0.25, 0.3) is 10.0 Å². The fraction of sp³-hybridized carbons (Fsp3) is 0.182. The molecule has 0 fully saturated rings. The van der Waals surface area contributed by atoms with Crippen molar-refractivity contribution in [2.75, 3.05) is 4.72 Å². The van der Waals surface area contributed by atoms with Crippen LogP contribution in [0.1, 0.15) is 10.4 Å². The van der Waals surface area contributed by atoms with Gasteiger partial charge in [-0.2, -0.15) is 0 Å². The summed E-state index contributed by atoms with van der Waals surface area (Å²) in [7, 11) is -3.66. The Balaban J connectivity index is 2.30. The highest BCUT2D eigenvalue weighted by molar-refractivity contribution is 9.10. The van der Waals surface area contributed by atoms with E-state index in [4.69, 9.17) is 5.11 Å². The predicted molar refractivity (Wildman–Crippen MR) is 77.7 cm³/mol. The molecule has 0 bridgehead atoms. The van der Waals surface area contributed by atoms with Crippen molar-refractivity contribution in [3.63, 3.8) is 0 Å². The molecule has 0 aliphatic rings. The van der Waals surface area contributed by atoms with E-state index in [-0.39, 0.29) is 10.8 Å². The summed E-state index contributed by atoms with van der Waals surface area (Å²) in [5.41, 5.74) is 0.719. The number of hydrogen-bond donors (Lipinski definition) is 2. The van der Waals surface area contributed by atoms with E-state index in [0.717, 1.165) is 21.4 Å². The van der Waals surface area contributed by atoms with Crippen LogP contribution in [0.4, 0.5) is 5.82 Å². The van der Waals surface area contributed by atoms with Crippen molar-refractivity contribution in [2.24, 2.45) is 0 Å². The van der Waals surface area contributed by atoms with Crippen LogP contribution in [0, 0.1) is 6.92 Å². The van der Waals surface area contributed by atoms with Gasteiger partial charge in [-0.25, -0.2) is 13.4 Å². The molecule has 0 aliphatic heterocycles. The zero-order valence-corrected chi connectivity index (χ0v) is 13.1. The first-order valence-electron chi connectivity index (χ1n) is 5.27. The average molecular weight is 363 g/mol. The maximum atomic E-state index is 12.1. The molecule has 5 nitrogen and oxygen atoms in total. The summed E-state index contributed by atoms with van der Waals surface area (Å²) < 4.78 is 27.6. The molecular weight excluding hydrogens is 352 g/mol. The molecule has 0 aliphatic carbocycles. The minimum Gasteiger partial charge on any atom is -0.391 e. The number of rotatable bonds is 4. The number of aliphatic hydroxyl groups is 1. The first kappa shape index (κ1) is 14.4. The molecule has 8 heteroatoms. The molecule has 0 aromatic carbocycles. The molecule has 2 aromatic rings. The van der Waals surface area contributed by atoms with E-state index >= 15 is 0 Å². The standard InChI is InChI=1S/C11H11BrN2O3S2/c1-7-4-8(12)5-13-11(7)14-19(16,17)10-3-2-9(6-15)18-10/h2-5,15H,6H2,1H3,(H,13,14). The third-order valence-electron chi connectivity index (χ3n) is 2.33. The molecule has 0 amide bonds. The van der Waals surface area contributed by atoms with Crippen molar-refractivity contribution in [1.29, 1.82) is 0 Å². The largest absolute Gasteiger partial charge is 0.391 e. The number of aryl methyl sites for hydroxylation is 1. The number of hydrogen-bond acceptors (Lipinski definition) is 5. The lowest BCUT2D eigenvalue weighted by Crippen LogP contribution is -2.13. The van der Waals surface area contributed by atoms with Gasteiger partial charge in [0.05, 0.1) is 6.61 Å². The quantitative estimate of drug-likeness (QED) is 0.875. The number of aromatic nitrogens is 1. The predicted octanol–water partition coefficient (Wildman–Crippen LogP) is 2.51. The van der Waals surface area contributed by atoms with E-state index in [1.54, 1.807) is 19.1 Å². The Morgan fingerprint density at radius 1 is 1.47 bits per heavy atom. The summed E-state index contributed by atoms with van der Waals surface area (Å²) in [6, 6.07) is 4.83. The Morgan fingerprint density at radius 2 is 2.21 bits per heavy atom. The molecule has 2 rings (SSSR count). The molecule has 0 saturated heterocycles. The highest BCUT2D eigenvalue weighted by atomic mass is 79.9. The fourth-order valence-electron chi connectivity index (χ4n) is 1.41. The molecule has 102 valence electrons. The maximum Gasteiger partial charge on any atom is 0.272 e. The van der Waals surface area contributed by atoms with Crippen LogP contribution in [0.2, 0.25) is 0 Å². The summed E-state index contributed by atoms with van der Waals surface area (Å²) in [6.45, 7) is 1.60. The van der Waals surface area contributed by atoms with Crippen LogP contribution in [-0.4, -0.2) is 18.5 Å². The minimum atomic E-state index is -3.66. The average Bonchev–Trinajstić information content (AvgIpc) is 2.82. The number of nitrogens with zero attached hydrogens (tertiary/aromatic N) is 1. The molecule has 0 unspecified atom stereocenters. The second-order valence-corrected chi connectivity index (χ2v) is 7.80. The molecule has 0 radical (unpaired) electrons. The van der Waals surface area contributed by atoms with Crippen LogP contribution >= 0.6 is 27.3 Å². The highest BCUT2D eigenvalue weighted by Gasteiger charge is 2.18. The van der Waals surface area contributed by atoms with Gasteiger partial charge < -0.3 is 5.11 Å². The monoisotopic (exact) mass is 362 g/mol. The first-order chi connectivity index (χ1) is 8.92. The first-order valence-corrected chi connectivity index (χ1v) is 8.36. The summed E-state index contributed by atoms with van der Waals surface area (Å²) >= 11 is 4.30. The molecule has 2 heterocycles. The van der Waals surface area contributed by atoms with Crippen molar-refractivity contribution in [2.45, 2.75) is 17.7 Å². The smallest absolute Gasteiger partial charge is 0.272 e. The van der Waals surface area contributed by atoms with Crippen molar-refractivity contribution < 1.29 is 13.5 Å². The third-order valence-corrected chi connectivity index (χ3v) is 5.67. The van der Waals surface area contributed by atoms with Gasteiger partial charge in [-0.05, 0) is 46.6 Å².